The van der Waals surface area contributed by atoms with Crippen LogP contribution in [-0.2, 0) is 9.47 Å². The van der Waals surface area contributed by atoms with Crippen LogP contribution < -0.4 is 5.73 Å². The molecule has 1 amide bonds. The number of hydrogen-bond acceptors (Lipinski definition) is 4. The SMILES string of the molecule is CCOC(=O)N1CCC2(CC1)OCC1CC12N. The Morgan fingerprint density at radius 1 is 1.53 bits per heavy atom. The van der Waals surface area contributed by atoms with Crippen LogP contribution in [0.5, 0.6) is 0 Å². The molecular weight excluding hydrogens is 220 g/mol. The highest BCUT2D eigenvalue weighted by Crippen LogP contribution is 2.59. The number of carbonyl (C=O) groups is 1. The van der Waals surface area contributed by atoms with Crippen molar-refractivity contribution in [2.75, 3.05) is 26.3 Å². The molecule has 0 radical (unpaired) electrons. The predicted molar refractivity (Wildman–Crippen MR) is 61.5 cm³/mol. The fraction of sp³-hybridized carbons (Fsp3) is 0.917. The van der Waals surface area contributed by atoms with Crippen LogP contribution in [0.15, 0.2) is 0 Å². The average molecular weight is 240 g/mol. The maximum Gasteiger partial charge on any atom is 0.409 e. The van der Waals surface area contributed by atoms with E-state index in [1.54, 1.807) is 4.90 Å². The number of piperidine rings is 1. The second-order valence-corrected chi connectivity index (χ2v) is 5.43. The molecule has 2 aliphatic heterocycles. The summed E-state index contributed by atoms with van der Waals surface area (Å²) in [6.45, 7) is 4.46. The molecule has 2 saturated heterocycles. The third kappa shape index (κ3) is 1.48. The van der Waals surface area contributed by atoms with Crippen LogP contribution in [0.25, 0.3) is 0 Å². The van der Waals surface area contributed by atoms with E-state index in [0.29, 0.717) is 25.6 Å². The van der Waals surface area contributed by atoms with Crippen molar-refractivity contribution in [3.8, 4) is 0 Å². The van der Waals surface area contributed by atoms with E-state index >= 15 is 0 Å². The van der Waals surface area contributed by atoms with Gasteiger partial charge in [0.05, 0.1) is 24.4 Å². The van der Waals surface area contributed by atoms with E-state index in [2.05, 4.69) is 0 Å². The Balaban J connectivity index is 1.63. The molecule has 2 heterocycles. The van der Waals surface area contributed by atoms with Gasteiger partial charge >= 0.3 is 6.09 Å². The highest BCUT2D eigenvalue weighted by atomic mass is 16.6. The highest BCUT2D eigenvalue weighted by molar-refractivity contribution is 5.67. The fourth-order valence-electron chi connectivity index (χ4n) is 3.38. The van der Waals surface area contributed by atoms with Gasteiger partial charge in [0.25, 0.3) is 0 Å². The smallest absolute Gasteiger partial charge is 0.409 e. The molecule has 0 bridgehead atoms. The van der Waals surface area contributed by atoms with Gasteiger partial charge in [0.1, 0.15) is 0 Å². The Kier molecular flexibility index (Phi) is 2.38. The van der Waals surface area contributed by atoms with Crippen molar-refractivity contribution in [1.29, 1.82) is 0 Å². The number of fused-ring (bicyclic) bond motifs is 2. The zero-order valence-corrected chi connectivity index (χ0v) is 10.3. The molecule has 0 aromatic carbocycles. The maximum absolute atomic E-state index is 11.6. The van der Waals surface area contributed by atoms with Gasteiger partial charge < -0.3 is 20.1 Å². The molecule has 1 spiro atoms. The van der Waals surface area contributed by atoms with Gasteiger partial charge in [0.2, 0.25) is 0 Å². The first-order valence-corrected chi connectivity index (χ1v) is 6.46. The first-order chi connectivity index (χ1) is 8.11. The number of nitrogens with zero attached hydrogens (tertiary/aromatic N) is 1. The van der Waals surface area contributed by atoms with Crippen molar-refractivity contribution in [2.24, 2.45) is 11.7 Å². The van der Waals surface area contributed by atoms with Gasteiger partial charge in [0, 0.05) is 19.0 Å². The molecule has 2 N–H and O–H groups in total. The van der Waals surface area contributed by atoms with Gasteiger partial charge in [-0.15, -0.1) is 0 Å². The largest absolute Gasteiger partial charge is 0.450 e. The summed E-state index contributed by atoms with van der Waals surface area (Å²) in [5.74, 6) is 0.552. The van der Waals surface area contributed by atoms with Gasteiger partial charge in [-0.1, -0.05) is 0 Å². The molecule has 0 aromatic rings. The van der Waals surface area contributed by atoms with E-state index in [9.17, 15) is 4.79 Å². The van der Waals surface area contributed by atoms with E-state index in [1.807, 2.05) is 6.92 Å². The van der Waals surface area contributed by atoms with Gasteiger partial charge in [-0.25, -0.2) is 4.79 Å². The third-order valence-corrected chi connectivity index (χ3v) is 4.66. The molecule has 3 rings (SSSR count). The van der Waals surface area contributed by atoms with E-state index in [4.69, 9.17) is 15.2 Å². The third-order valence-electron chi connectivity index (χ3n) is 4.66. The molecule has 17 heavy (non-hydrogen) atoms. The number of amides is 1. The Labute approximate surface area is 101 Å². The lowest BCUT2D eigenvalue weighted by atomic mass is 9.82. The van der Waals surface area contributed by atoms with Crippen molar-refractivity contribution in [2.45, 2.75) is 37.3 Å². The van der Waals surface area contributed by atoms with Crippen LogP contribution in [0.1, 0.15) is 26.2 Å². The number of rotatable bonds is 1. The number of likely N-dealkylation sites (tertiary alicyclic amines) is 1. The van der Waals surface area contributed by atoms with Gasteiger partial charge in [-0.2, -0.15) is 0 Å². The van der Waals surface area contributed by atoms with Crippen molar-refractivity contribution < 1.29 is 14.3 Å². The molecule has 2 unspecified atom stereocenters. The van der Waals surface area contributed by atoms with E-state index in [0.717, 1.165) is 25.9 Å². The fourth-order valence-corrected chi connectivity index (χ4v) is 3.38. The Morgan fingerprint density at radius 3 is 2.71 bits per heavy atom. The quantitative estimate of drug-likeness (QED) is 0.733. The molecule has 3 aliphatic rings. The zero-order chi connectivity index (χ0) is 12.1. The maximum atomic E-state index is 11.6. The normalized spacial score (nSPS) is 38.0. The molecule has 5 heteroatoms. The monoisotopic (exact) mass is 240 g/mol. The summed E-state index contributed by atoms with van der Waals surface area (Å²) < 4.78 is 10.9. The lowest BCUT2D eigenvalue weighted by molar-refractivity contribution is -0.0710. The summed E-state index contributed by atoms with van der Waals surface area (Å²) in [7, 11) is 0. The van der Waals surface area contributed by atoms with Crippen molar-refractivity contribution in [3.63, 3.8) is 0 Å². The first kappa shape index (κ1) is 11.3. The minimum Gasteiger partial charge on any atom is -0.450 e. The van der Waals surface area contributed by atoms with Crippen LogP contribution in [0.2, 0.25) is 0 Å². The van der Waals surface area contributed by atoms with Crippen LogP contribution in [-0.4, -0.2) is 48.4 Å². The summed E-state index contributed by atoms with van der Waals surface area (Å²) in [4.78, 5) is 13.4. The first-order valence-electron chi connectivity index (χ1n) is 6.46. The van der Waals surface area contributed by atoms with Crippen molar-refractivity contribution >= 4 is 6.09 Å². The number of ether oxygens (including phenoxy) is 2. The summed E-state index contributed by atoms with van der Waals surface area (Å²) in [5, 5.41) is 0. The minimum absolute atomic E-state index is 0.103. The summed E-state index contributed by atoms with van der Waals surface area (Å²) in [6.07, 6.45) is 2.57. The number of carbonyl (C=O) groups excluding carboxylic acids is 1. The number of nitrogens with two attached hydrogens (primary N) is 1. The average Bonchev–Trinajstić information content (AvgIpc) is 2.94. The Hall–Kier alpha value is -0.810. The zero-order valence-electron chi connectivity index (χ0n) is 10.3. The second-order valence-electron chi connectivity index (χ2n) is 5.43. The van der Waals surface area contributed by atoms with Crippen LogP contribution >= 0.6 is 0 Å². The Bertz CT molecular complexity index is 337. The lowest BCUT2D eigenvalue weighted by Gasteiger charge is -2.42. The summed E-state index contributed by atoms with van der Waals surface area (Å²) >= 11 is 0. The van der Waals surface area contributed by atoms with E-state index < -0.39 is 0 Å². The summed E-state index contributed by atoms with van der Waals surface area (Å²) in [6, 6.07) is 0. The van der Waals surface area contributed by atoms with E-state index in [-0.39, 0.29) is 17.2 Å². The standard InChI is InChI=1S/C12H20N2O3/c1-2-16-10(15)14-5-3-11(4-6-14)12(13)7-9(12)8-17-11/h9H,2-8,13H2,1H3. The molecule has 3 fully saturated rings. The molecule has 2 atom stereocenters. The second kappa shape index (κ2) is 3.59. The molecular formula is C12H20N2O3. The van der Waals surface area contributed by atoms with Gasteiger partial charge in [0.15, 0.2) is 0 Å². The minimum atomic E-state index is -0.209. The van der Waals surface area contributed by atoms with Crippen molar-refractivity contribution in [1.82, 2.24) is 4.90 Å². The van der Waals surface area contributed by atoms with Gasteiger partial charge in [-0.3, -0.25) is 0 Å². The molecule has 5 nitrogen and oxygen atoms in total. The highest BCUT2D eigenvalue weighted by Gasteiger charge is 2.70. The molecule has 0 aromatic heterocycles. The molecule has 1 saturated carbocycles. The Morgan fingerprint density at radius 2 is 2.24 bits per heavy atom. The topological polar surface area (TPSA) is 64.8 Å². The van der Waals surface area contributed by atoms with Crippen LogP contribution in [0.3, 0.4) is 0 Å². The predicted octanol–water partition coefficient (Wildman–Crippen LogP) is 0.725. The van der Waals surface area contributed by atoms with Crippen LogP contribution in [0, 0.1) is 5.92 Å². The van der Waals surface area contributed by atoms with Crippen molar-refractivity contribution in [3.05, 3.63) is 0 Å². The van der Waals surface area contributed by atoms with Crippen LogP contribution in [0.4, 0.5) is 4.79 Å². The van der Waals surface area contributed by atoms with Gasteiger partial charge in [-0.05, 0) is 26.2 Å². The van der Waals surface area contributed by atoms with E-state index in [1.165, 1.54) is 0 Å². The number of hydrogen-bond donors (Lipinski definition) is 1. The molecule has 96 valence electrons. The molecule has 1 aliphatic carbocycles. The summed E-state index contributed by atoms with van der Waals surface area (Å²) in [5.41, 5.74) is 6.11. The lowest BCUT2D eigenvalue weighted by Crippen LogP contribution is -2.57.